The van der Waals surface area contributed by atoms with Crippen molar-refractivity contribution in [2.45, 2.75) is 32.6 Å². The van der Waals surface area contributed by atoms with Crippen LogP contribution in [0.1, 0.15) is 43.0 Å². The number of hydrazone groups is 1. The van der Waals surface area contributed by atoms with Crippen LogP contribution < -0.4 is 16.7 Å². The monoisotopic (exact) mass is 329 g/mol. The summed E-state index contributed by atoms with van der Waals surface area (Å²) < 4.78 is 0. The van der Waals surface area contributed by atoms with Crippen LogP contribution in [0.3, 0.4) is 0 Å². The molecule has 1 heterocycles. The van der Waals surface area contributed by atoms with Gasteiger partial charge >= 0.3 is 5.69 Å². The van der Waals surface area contributed by atoms with Crippen molar-refractivity contribution in [3.63, 3.8) is 0 Å². The first-order valence-corrected chi connectivity index (χ1v) is 7.55. The number of benzene rings is 1. The Hall–Kier alpha value is -3.03. The van der Waals surface area contributed by atoms with Crippen LogP contribution in [0.4, 0.5) is 0 Å². The van der Waals surface area contributed by atoms with E-state index in [1.165, 1.54) is 5.56 Å². The van der Waals surface area contributed by atoms with Crippen molar-refractivity contribution in [2.24, 2.45) is 5.10 Å². The molecule has 2 aromatic rings. The lowest BCUT2D eigenvalue weighted by molar-refractivity contribution is -0.121. The maximum absolute atomic E-state index is 11.7. The number of carbonyl (C=O) groups is 1. The van der Waals surface area contributed by atoms with Gasteiger partial charge < -0.3 is 0 Å². The van der Waals surface area contributed by atoms with Crippen molar-refractivity contribution in [1.29, 1.82) is 0 Å². The van der Waals surface area contributed by atoms with E-state index in [9.17, 15) is 14.4 Å². The predicted octanol–water partition coefficient (Wildman–Crippen LogP) is 0.665. The fraction of sp³-hybridized carbons (Fsp3) is 0.312. The minimum absolute atomic E-state index is 0.0335. The van der Waals surface area contributed by atoms with Gasteiger partial charge in [0.15, 0.2) is 0 Å². The smallest absolute Gasteiger partial charge is 0.273 e. The molecule has 0 saturated carbocycles. The third-order valence-corrected chi connectivity index (χ3v) is 3.38. The van der Waals surface area contributed by atoms with Gasteiger partial charge in [0, 0.05) is 12.8 Å². The minimum atomic E-state index is -0.679. The van der Waals surface area contributed by atoms with Crippen LogP contribution in [0, 0.1) is 0 Å². The Morgan fingerprint density at radius 3 is 2.62 bits per heavy atom. The molecule has 0 spiro atoms. The molecule has 126 valence electrons. The van der Waals surface area contributed by atoms with Crippen molar-refractivity contribution < 1.29 is 4.79 Å². The van der Waals surface area contributed by atoms with E-state index in [1.807, 2.05) is 29.2 Å². The number of carbonyl (C=O) groups excluding carboxylic acids is 1. The molecular weight excluding hydrogens is 310 g/mol. The van der Waals surface area contributed by atoms with Gasteiger partial charge in [-0.05, 0) is 17.0 Å². The third kappa shape index (κ3) is 5.01. The summed E-state index contributed by atoms with van der Waals surface area (Å²) in [4.78, 5) is 36.0. The molecule has 2 rings (SSSR count). The maximum atomic E-state index is 11.7. The normalized spacial score (nSPS) is 11.1. The number of aromatic amines is 2. The van der Waals surface area contributed by atoms with Crippen molar-refractivity contribution in [3.8, 4) is 0 Å². The predicted molar refractivity (Wildman–Crippen MR) is 90.1 cm³/mol. The topological polar surface area (TPSA) is 120 Å². The number of nitrogens with one attached hydrogen (secondary N) is 3. The lowest BCUT2D eigenvalue weighted by Crippen LogP contribution is -2.28. The number of aromatic nitrogens is 3. The highest BCUT2D eigenvalue weighted by Crippen LogP contribution is 2.13. The summed E-state index contributed by atoms with van der Waals surface area (Å²) in [7, 11) is 0. The Kier molecular flexibility index (Phi) is 5.78. The van der Waals surface area contributed by atoms with Gasteiger partial charge in [0.2, 0.25) is 5.91 Å². The maximum Gasteiger partial charge on any atom is 0.342 e. The highest BCUT2D eigenvalue weighted by atomic mass is 16.2. The van der Waals surface area contributed by atoms with Crippen LogP contribution >= 0.6 is 0 Å². The highest BCUT2D eigenvalue weighted by molar-refractivity contribution is 5.82. The first-order valence-electron chi connectivity index (χ1n) is 7.55. The third-order valence-electron chi connectivity index (χ3n) is 3.38. The van der Waals surface area contributed by atoms with E-state index in [2.05, 4.69) is 34.6 Å². The summed E-state index contributed by atoms with van der Waals surface area (Å²) in [6.07, 6.45) is 1.69. The van der Waals surface area contributed by atoms with E-state index in [0.29, 0.717) is 5.92 Å². The van der Waals surface area contributed by atoms with Crippen molar-refractivity contribution in [2.75, 3.05) is 0 Å². The van der Waals surface area contributed by atoms with E-state index in [1.54, 1.807) is 6.21 Å². The molecule has 0 radical (unpaired) electrons. The summed E-state index contributed by atoms with van der Waals surface area (Å²) in [5.41, 5.74) is 3.31. The Balaban J connectivity index is 1.84. The van der Waals surface area contributed by atoms with Gasteiger partial charge in [-0.25, -0.2) is 15.3 Å². The zero-order valence-electron chi connectivity index (χ0n) is 13.5. The van der Waals surface area contributed by atoms with E-state index < -0.39 is 11.2 Å². The van der Waals surface area contributed by atoms with Gasteiger partial charge in [-0.15, -0.1) is 0 Å². The Morgan fingerprint density at radius 1 is 1.29 bits per heavy atom. The molecule has 8 nitrogen and oxygen atoms in total. The largest absolute Gasteiger partial charge is 0.342 e. The quantitative estimate of drug-likeness (QED) is 0.532. The molecule has 0 fully saturated rings. The van der Waals surface area contributed by atoms with Crippen LogP contribution in [0.5, 0.6) is 0 Å². The second-order valence-electron chi connectivity index (χ2n) is 5.57. The van der Waals surface area contributed by atoms with Gasteiger partial charge in [0.05, 0.1) is 6.21 Å². The minimum Gasteiger partial charge on any atom is -0.273 e. The van der Waals surface area contributed by atoms with E-state index >= 15 is 0 Å². The molecule has 0 aliphatic heterocycles. The number of rotatable bonds is 6. The number of amides is 1. The Morgan fingerprint density at radius 2 is 2.00 bits per heavy atom. The molecule has 0 unspecified atom stereocenters. The average molecular weight is 329 g/mol. The standard InChI is InChI=1S/C16H19N5O3/c1-10(2)12-5-3-11(4-6-12)9-17-20-14(22)8-7-13-15(23)18-16(24)21-19-13/h3-6,9-10H,7-8H2,1-2H3,(H,20,22)(H2,18,21,23,24). The lowest BCUT2D eigenvalue weighted by Gasteiger charge is -2.04. The summed E-state index contributed by atoms with van der Waals surface area (Å²) >= 11 is 0. The fourth-order valence-electron chi connectivity index (χ4n) is 1.98. The van der Waals surface area contributed by atoms with E-state index in [4.69, 9.17) is 0 Å². The van der Waals surface area contributed by atoms with Gasteiger partial charge in [-0.3, -0.25) is 14.6 Å². The lowest BCUT2D eigenvalue weighted by atomic mass is 10.0. The molecule has 0 saturated heterocycles. The van der Waals surface area contributed by atoms with Crippen LogP contribution in [0.25, 0.3) is 0 Å². The number of hydrogen-bond acceptors (Lipinski definition) is 5. The number of nitrogens with zero attached hydrogens (tertiary/aromatic N) is 2. The van der Waals surface area contributed by atoms with E-state index in [0.717, 1.165) is 5.56 Å². The number of hydrogen-bond donors (Lipinski definition) is 3. The molecule has 0 bridgehead atoms. The molecule has 0 aliphatic carbocycles. The second kappa shape index (κ2) is 8.00. The molecule has 1 aromatic heterocycles. The number of aryl methyl sites for hydroxylation is 1. The first-order chi connectivity index (χ1) is 11.5. The van der Waals surface area contributed by atoms with E-state index in [-0.39, 0.29) is 24.4 Å². The summed E-state index contributed by atoms with van der Waals surface area (Å²) in [5.74, 6) is 0.109. The zero-order chi connectivity index (χ0) is 17.5. The van der Waals surface area contributed by atoms with Crippen molar-refractivity contribution in [1.82, 2.24) is 20.6 Å². The van der Waals surface area contributed by atoms with Gasteiger partial charge in [0.1, 0.15) is 5.69 Å². The Labute approximate surface area is 138 Å². The number of H-pyrrole nitrogens is 2. The molecule has 8 heteroatoms. The zero-order valence-corrected chi connectivity index (χ0v) is 13.5. The van der Waals surface area contributed by atoms with Gasteiger partial charge in [0.25, 0.3) is 5.56 Å². The second-order valence-corrected chi connectivity index (χ2v) is 5.57. The molecule has 1 amide bonds. The Bertz CT molecular complexity index is 834. The van der Waals surface area contributed by atoms with Gasteiger partial charge in [-0.1, -0.05) is 38.1 Å². The molecule has 3 N–H and O–H groups in total. The van der Waals surface area contributed by atoms with Crippen molar-refractivity contribution >= 4 is 12.1 Å². The molecule has 1 aromatic carbocycles. The SMILES string of the molecule is CC(C)c1ccc(C=NNC(=O)CCc2n[nH]c(=O)[nH]c2=O)cc1. The van der Waals surface area contributed by atoms with Crippen LogP contribution in [0.15, 0.2) is 39.0 Å². The van der Waals surface area contributed by atoms with Crippen LogP contribution in [-0.2, 0) is 11.2 Å². The molecule has 24 heavy (non-hydrogen) atoms. The van der Waals surface area contributed by atoms with Gasteiger partial charge in [-0.2, -0.15) is 10.2 Å². The summed E-state index contributed by atoms with van der Waals surface area (Å²) in [5, 5.41) is 9.60. The summed E-state index contributed by atoms with van der Waals surface area (Å²) in [6.45, 7) is 4.23. The van der Waals surface area contributed by atoms with Crippen LogP contribution in [-0.4, -0.2) is 27.3 Å². The van der Waals surface area contributed by atoms with Crippen LogP contribution in [0.2, 0.25) is 0 Å². The summed E-state index contributed by atoms with van der Waals surface area (Å²) in [6, 6.07) is 7.88. The average Bonchev–Trinajstić information content (AvgIpc) is 2.54. The van der Waals surface area contributed by atoms with Crippen molar-refractivity contribution in [3.05, 3.63) is 61.9 Å². The molecule has 0 aliphatic rings. The fourth-order valence-corrected chi connectivity index (χ4v) is 1.98. The first kappa shape index (κ1) is 17.3. The molecule has 0 atom stereocenters. The highest BCUT2D eigenvalue weighted by Gasteiger charge is 2.06. The molecular formula is C16H19N5O3.